The van der Waals surface area contributed by atoms with Gasteiger partial charge in [-0.3, -0.25) is 0 Å². The van der Waals surface area contributed by atoms with Gasteiger partial charge in [0.25, 0.3) is 0 Å². The van der Waals surface area contributed by atoms with E-state index in [0.717, 1.165) is 30.8 Å². The number of benzene rings is 3. The van der Waals surface area contributed by atoms with Gasteiger partial charge in [-0.05, 0) is 42.7 Å². The van der Waals surface area contributed by atoms with Crippen LogP contribution < -0.4 is 0 Å². The van der Waals surface area contributed by atoms with Crippen molar-refractivity contribution >= 4 is 11.0 Å². The van der Waals surface area contributed by atoms with Crippen molar-refractivity contribution in [2.45, 2.75) is 51.5 Å². The van der Waals surface area contributed by atoms with E-state index in [2.05, 4.69) is 47.0 Å². The van der Waals surface area contributed by atoms with Crippen molar-refractivity contribution in [3.63, 3.8) is 0 Å². The van der Waals surface area contributed by atoms with Crippen LogP contribution in [-0.4, -0.2) is 9.55 Å². The molecule has 2 nitrogen and oxygen atoms in total. The van der Waals surface area contributed by atoms with Gasteiger partial charge in [0.1, 0.15) is 5.82 Å². The molecule has 0 atom stereocenters. The molecule has 164 valence electrons. The van der Waals surface area contributed by atoms with Crippen molar-refractivity contribution in [3.8, 4) is 11.4 Å². The Labute approximate surface area is 187 Å². The molecule has 4 heteroatoms. The van der Waals surface area contributed by atoms with Crippen molar-refractivity contribution in [3.05, 3.63) is 89.5 Å². The van der Waals surface area contributed by atoms with Crippen molar-refractivity contribution in [2.24, 2.45) is 5.92 Å². The second kappa shape index (κ2) is 9.23. The molecule has 0 unspecified atom stereocenters. The van der Waals surface area contributed by atoms with Gasteiger partial charge in [-0.2, -0.15) is 0 Å². The molecule has 0 amide bonds. The number of aryl methyl sites for hydroxylation is 2. The first kappa shape index (κ1) is 20.9. The summed E-state index contributed by atoms with van der Waals surface area (Å²) in [7, 11) is 0. The Balaban J connectivity index is 1.56. The van der Waals surface area contributed by atoms with E-state index >= 15 is 0 Å². The average Bonchev–Trinajstić information content (AvgIpc) is 3.16. The molecule has 0 bridgehead atoms. The zero-order valence-corrected chi connectivity index (χ0v) is 18.2. The maximum absolute atomic E-state index is 14.2. The van der Waals surface area contributed by atoms with Crippen LogP contribution in [0.1, 0.15) is 43.2 Å². The van der Waals surface area contributed by atoms with Crippen LogP contribution in [0.5, 0.6) is 0 Å². The second-order valence-corrected chi connectivity index (χ2v) is 8.95. The molecule has 0 spiro atoms. The summed E-state index contributed by atoms with van der Waals surface area (Å²) in [6.07, 6.45) is 7.94. The predicted octanol–water partition coefficient (Wildman–Crippen LogP) is 7.35. The lowest BCUT2D eigenvalue weighted by Crippen LogP contribution is -2.15. The smallest absolute Gasteiger partial charge is 0.161 e. The predicted molar refractivity (Wildman–Crippen MR) is 126 cm³/mol. The van der Waals surface area contributed by atoms with Crippen LogP contribution in [0.2, 0.25) is 0 Å². The van der Waals surface area contributed by atoms with E-state index in [9.17, 15) is 8.78 Å². The first-order valence-corrected chi connectivity index (χ1v) is 11.7. The molecule has 3 aromatic carbocycles. The number of hydrogen-bond acceptors (Lipinski definition) is 1. The first-order chi connectivity index (χ1) is 15.7. The third-order valence-corrected chi connectivity index (χ3v) is 6.74. The Morgan fingerprint density at radius 2 is 1.53 bits per heavy atom. The fraction of sp³-hybridized carbons (Fsp3) is 0.321. The lowest BCUT2D eigenvalue weighted by Gasteiger charge is -2.23. The Morgan fingerprint density at radius 1 is 0.812 bits per heavy atom. The second-order valence-electron chi connectivity index (χ2n) is 8.95. The van der Waals surface area contributed by atoms with E-state index in [1.165, 1.54) is 55.4 Å². The molecule has 0 N–H and O–H groups in total. The third-order valence-electron chi connectivity index (χ3n) is 6.74. The molecule has 4 aromatic rings. The molecule has 1 aliphatic rings. The van der Waals surface area contributed by atoms with E-state index in [4.69, 9.17) is 4.98 Å². The Bertz CT molecular complexity index is 1210. The topological polar surface area (TPSA) is 17.8 Å². The van der Waals surface area contributed by atoms with Gasteiger partial charge in [0.2, 0.25) is 0 Å². The first-order valence-electron chi connectivity index (χ1n) is 11.7. The highest BCUT2D eigenvalue weighted by molar-refractivity contribution is 5.81. The fourth-order valence-electron chi connectivity index (χ4n) is 5.02. The van der Waals surface area contributed by atoms with E-state index in [1.54, 1.807) is 0 Å². The van der Waals surface area contributed by atoms with Gasteiger partial charge in [-0.25, -0.2) is 13.8 Å². The summed E-state index contributed by atoms with van der Waals surface area (Å²) >= 11 is 0. The van der Waals surface area contributed by atoms with Crippen molar-refractivity contribution in [2.75, 3.05) is 0 Å². The van der Waals surface area contributed by atoms with Crippen LogP contribution in [-0.2, 0) is 19.4 Å². The van der Waals surface area contributed by atoms with E-state index in [0.29, 0.717) is 17.0 Å². The molecular weight excluding hydrogens is 402 g/mol. The number of hydrogen-bond donors (Lipinski definition) is 0. The Kier molecular flexibility index (Phi) is 6.02. The molecule has 32 heavy (non-hydrogen) atoms. The Morgan fingerprint density at radius 3 is 2.34 bits per heavy atom. The molecule has 0 saturated heterocycles. The maximum Gasteiger partial charge on any atom is 0.161 e. The molecule has 1 aromatic heterocycles. The molecule has 1 aliphatic carbocycles. The highest BCUT2D eigenvalue weighted by Crippen LogP contribution is 2.33. The SMILES string of the molecule is Fc1cc2nc(-c3ccccc3CCc3ccccc3)n(CC3CCCCC3)c2cc1F. The van der Waals surface area contributed by atoms with Crippen LogP contribution in [0.3, 0.4) is 0 Å². The van der Waals surface area contributed by atoms with Crippen LogP contribution in [0.25, 0.3) is 22.4 Å². The standard InChI is InChI=1S/C28H28F2N2/c29-24-17-26-27(18-25(24)30)32(19-21-11-5-2-6-12-21)28(31-26)23-14-8-7-13-22(23)16-15-20-9-3-1-4-10-20/h1,3-4,7-10,13-14,17-18,21H,2,5-6,11-12,15-16,19H2. The van der Waals surface area contributed by atoms with Gasteiger partial charge < -0.3 is 4.57 Å². The van der Waals surface area contributed by atoms with Crippen molar-refractivity contribution in [1.82, 2.24) is 9.55 Å². The van der Waals surface area contributed by atoms with Crippen molar-refractivity contribution < 1.29 is 8.78 Å². The van der Waals surface area contributed by atoms with E-state index in [1.807, 2.05) is 12.1 Å². The van der Waals surface area contributed by atoms with Gasteiger partial charge in [0.05, 0.1) is 11.0 Å². The number of fused-ring (bicyclic) bond motifs is 1. The lowest BCUT2D eigenvalue weighted by molar-refractivity contribution is 0.323. The minimum Gasteiger partial charge on any atom is -0.324 e. The van der Waals surface area contributed by atoms with Crippen LogP contribution in [0.15, 0.2) is 66.7 Å². The summed E-state index contributed by atoms with van der Waals surface area (Å²) in [6, 6.07) is 21.3. The zero-order chi connectivity index (χ0) is 21.9. The maximum atomic E-state index is 14.2. The number of halogens is 2. The largest absolute Gasteiger partial charge is 0.324 e. The van der Waals surface area contributed by atoms with E-state index in [-0.39, 0.29) is 0 Å². The summed E-state index contributed by atoms with van der Waals surface area (Å²) in [6.45, 7) is 0.796. The zero-order valence-electron chi connectivity index (χ0n) is 18.2. The van der Waals surface area contributed by atoms with Gasteiger partial charge in [-0.1, -0.05) is 73.9 Å². The summed E-state index contributed by atoms with van der Waals surface area (Å²) in [5.41, 5.74) is 4.76. The molecule has 1 heterocycles. The minimum atomic E-state index is -0.844. The van der Waals surface area contributed by atoms with Gasteiger partial charge >= 0.3 is 0 Å². The monoisotopic (exact) mass is 430 g/mol. The molecule has 0 radical (unpaired) electrons. The molecular formula is C28H28F2N2. The number of rotatable bonds is 6. The summed E-state index contributed by atoms with van der Waals surface area (Å²) in [5.74, 6) is -0.293. The normalized spacial score (nSPS) is 14.8. The summed E-state index contributed by atoms with van der Waals surface area (Å²) in [5, 5.41) is 0. The van der Waals surface area contributed by atoms with Crippen LogP contribution >= 0.6 is 0 Å². The average molecular weight is 431 g/mol. The number of nitrogens with zero attached hydrogens (tertiary/aromatic N) is 2. The van der Waals surface area contributed by atoms with Crippen LogP contribution in [0.4, 0.5) is 8.78 Å². The van der Waals surface area contributed by atoms with Crippen LogP contribution in [0, 0.1) is 17.6 Å². The lowest BCUT2D eigenvalue weighted by atomic mass is 9.89. The highest BCUT2D eigenvalue weighted by atomic mass is 19.2. The molecule has 0 aliphatic heterocycles. The molecule has 1 saturated carbocycles. The minimum absolute atomic E-state index is 0.521. The van der Waals surface area contributed by atoms with Gasteiger partial charge in [0, 0.05) is 24.2 Å². The van der Waals surface area contributed by atoms with Gasteiger partial charge in [-0.15, -0.1) is 0 Å². The molecule has 5 rings (SSSR count). The number of imidazole rings is 1. The fourth-order valence-corrected chi connectivity index (χ4v) is 5.02. The third kappa shape index (κ3) is 4.32. The van der Waals surface area contributed by atoms with E-state index < -0.39 is 11.6 Å². The highest BCUT2D eigenvalue weighted by Gasteiger charge is 2.21. The van der Waals surface area contributed by atoms with Gasteiger partial charge in [0.15, 0.2) is 11.6 Å². The summed E-state index contributed by atoms with van der Waals surface area (Å²) < 4.78 is 30.3. The number of aromatic nitrogens is 2. The Hall–Kier alpha value is -3.01. The quantitative estimate of drug-likeness (QED) is 0.313. The van der Waals surface area contributed by atoms with Crippen molar-refractivity contribution in [1.29, 1.82) is 0 Å². The summed E-state index contributed by atoms with van der Waals surface area (Å²) in [4.78, 5) is 4.82. The molecule has 1 fully saturated rings.